The average molecular weight is 476 g/mol. The Kier molecular flexibility index (Phi) is 9.16. The van der Waals surface area contributed by atoms with E-state index in [9.17, 15) is 14.7 Å². The van der Waals surface area contributed by atoms with E-state index in [0.717, 1.165) is 24.1 Å². The molecule has 2 heterocycles. The summed E-state index contributed by atoms with van der Waals surface area (Å²) in [5.41, 5.74) is 3.62. The zero-order chi connectivity index (χ0) is 25.4. The fraction of sp³-hybridized carbons (Fsp3) is 0.429. The van der Waals surface area contributed by atoms with Crippen LogP contribution in [-0.2, 0) is 29.6 Å². The van der Waals surface area contributed by atoms with E-state index in [4.69, 9.17) is 11.3 Å². The second-order valence-electron chi connectivity index (χ2n) is 9.28. The van der Waals surface area contributed by atoms with Crippen LogP contribution < -0.4 is 0 Å². The van der Waals surface area contributed by atoms with Crippen LogP contribution in [0.3, 0.4) is 0 Å². The van der Waals surface area contributed by atoms with Crippen LogP contribution in [0.4, 0.5) is 5.69 Å². The Balaban J connectivity index is 1.77. The first kappa shape index (κ1) is 26.1. The fourth-order valence-corrected chi connectivity index (χ4v) is 4.38. The number of hydrogen-bond acceptors (Lipinski definition) is 4. The number of carboxylic acids is 1. The van der Waals surface area contributed by atoms with E-state index >= 15 is 0 Å². The van der Waals surface area contributed by atoms with Gasteiger partial charge in [-0.15, -0.1) is 0 Å². The first-order valence-corrected chi connectivity index (χ1v) is 12.0. The minimum absolute atomic E-state index is 0.0478. The lowest BCUT2D eigenvalue weighted by Crippen LogP contribution is -2.19. The monoisotopic (exact) mass is 475 g/mol. The molecular formula is C28H33N3O4. The molecule has 2 aromatic heterocycles. The largest absolute Gasteiger partial charge is 0.481 e. The molecule has 184 valence electrons. The van der Waals surface area contributed by atoms with Gasteiger partial charge in [0.1, 0.15) is 5.65 Å². The smallest absolute Gasteiger partial charge is 0.303 e. The molecule has 0 radical (unpaired) electrons. The van der Waals surface area contributed by atoms with E-state index in [1.165, 1.54) is 6.20 Å². The van der Waals surface area contributed by atoms with E-state index < -0.39 is 5.97 Å². The Morgan fingerprint density at radius 2 is 1.91 bits per heavy atom. The predicted octanol–water partition coefficient (Wildman–Crippen LogP) is 5.98. The number of fused-ring (bicyclic) bond motifs is 1. The van der Waals surface area contributed by atoms with Gasteiger partial charge in [-0.3, -0.25) is 9.59 Å². The summed E-state index contributed by atoms with van der Waals surface area (Å²) in [4.78, 5) is 32.8. The van der Waals surface area contributed by atoms with Crippen LogP contribution in [0.15, 0.2) is 42.6 Å². The molecule has 0 fully saturated rings. The molecule has 3 rings (SSSR count). The normalized spacial score (nSPS) is 12.1. The summed E-state index contributed by atoms with van der Waals surface area (Å²) < 4.78 is 7.73. The standard InChI is InChI=1S/C28H33N3O4/c1-19(2)21(15-26(33)34)14-25(32)27-23-16-22(29-3)17-30-28(23)31(4)24(27)12-8-9-13-35-18-20-10-6-5-7-11-20/h5-7,10-11,16-17,19,21H,8-9,12-15,18H2,1-2,4H3,(H,33,34)/t21-/m0/s1. The number of rotatable bonds is 13. The second-order valence-corrected chi connectivity index (χ2v) is 9.28. The number of carbonyl (C=O) groups is 2. The van der Waals surface area contributed by atoms with Crippen molar-refractivity contribution in [1.82, 2.24) is 9.55 Å². The van der Waals surface area contributed by atoms with Crippen molar-refractivity contribution in [3.63, 3.8) is 0 Å². The van der Waals surface area contributed by atoms with Crippen LogP contribution in [-0.4, -0.2) is 33.0 Å². The first-order valence-electron chi connectivity index (χ1n) is 12.0. The molecule has 1 N–H and O–H groups in total. The molecule has 0 amide bonds. The number of ketones is 1. The van der Waals surface area contributed by atoms with Gasteiger partial charge in [-0.05, 0) is 42.7 Å². The maximum atomic E-state index is 13.5. The minimum atomic E-state index is -0.901. The van der Waals surface area contributed by atoms with Crippen molar-refractivity contribution in [3.8, 4) is 0 Å². The Bertz CT molecular complexity index is 1210. The number of benzene rings is 1. The van der Waals surface area contributed by atoms with Crippen LogP contribution in [0, 0.1) is 18.4 Å². The zero-order valence-electron chi connectivity index (χ0n) is 20.7. The number of hydrogen-bond donors (Lipinski definition) is 1. The van der Waals surface area contributed by atoms with Crippen molar-refractivity contribution in [1.29, 1.82) is 0 Å². The fourth-order valence-electron chi connectivity index (χ4n) is 4.38. The van der Waals surface area contributed by atoms with Crippen molar-refractivity contribution in [2.45, 2.75) is 52.6 Å². The summed E-state index contributed by atoms with van der Waals surface area (Å²) in [6.45, 7) is 12.4. The predicted molar refractivity (Wildman–Crippen MR) is 136 cm³/mol. The third-order valence-electron chi connectivity index (χ3n) is 6.43. The Morgan fingerprint density at radius 3 is 2.57 bits per heavy atom. The highest BCUT2D eigenvalue weighted by atomic mass is 16.5. The summed E-state index contributed by atoms with van der Waals surface area (Å²) in [5, 5.41) is 9.97. The third kappa shape index (κ3) is 6.77. The molecule has 1 atom stereocenters. The van der Waals surface area contributed by atoms with Crippen molar-refractivity contribution < 1.29 is 19.4 Å². The van der Waals surface area contributed by atoms with Crippen molar-refractivity contribution in [2.24, 2.45) is 18.9 Å². The molecule has 0 aliphatic rings. The van der Waals surface area contributed by atoms with E-state index in [0.29, 0.717) is 41.9 Å². The molecule has 0 aliphatic carbocycles. The highest BCUT2D eigenvalue weighted by molar-refractivity contribution is 6.09. The van der Waals surface area contributed by atoms with Gasteiger partial charge in [0, 0.05) is 49.3 Å². The molecule has 0 unspecified atom stereocenters. The first-order chi connectivity index (χ1) is 16.8. The number of aryl methyl sites for hydroxylation is 1. The van der Waals surface area contributed by atoms with Crippen LogP contribution in [0.2, 0.25) is 0 Å². The average Bonchev–Trinajstić information content (AvgIpc) is 3.11. The SMILES string of the molecule is [C-]#[N+]c1cnc2c(c1)c(C(=O)C[C@@H](CC(=O)O)C(C)C)c(CCCCOCc1ccccc1)n2C. The van der Waals surface area contributed by atoms with Gasteiger partial charge >= 0.3 is 5.97 Å². The van der Waals surface area contributed by atoms with Crippen molar-refractivity contribution in [2.75, 3.05) is 6.61 Å². The number of carbonyl (C=O) groups excluding carboxylic acids is 1. The number of carboxylic acid groups (broad SMARTS) is 1. The number of pyridine rings is 1. The van der Waals surface area contributed by atoms with E-state index in [1.54, 1.807) is 6.07 Å². The Labute approximate surface area is 206 Å². The van der Waals surface area contributed by atoms with E-state index in [1.807, 2.05) is 55.8 Å². The molecule has 0 aliphatic heterocycles. The highest BCUT2D eigenvalue weighted by Gasteiger charge is 2.26. The van der Waals surface area contributed by atoms with Gasteiger partial charge in [-0.25, -0.2) is 9.83 Å². The van der Waals surface area contributed by atoms with Crippen LogP contribution in [0.5, 0.6) is 0 Å². The maximum absolute atomic E-state index is 13.5. The number of ether oxygens (including phenoxy) is 1. The number of aliphatic carboxylic acids is 1. The summed E-state index contributed by atoms with van der Waals surface area (Å²) >= 11 is 0. The summed E-state index contributed by atoms with van der Waals surface area (Å²) in [6, 6.07) is 11.7. The lowest BCUT2D eigenvalue weighted by molar-refractivity contribution is -0.138. The molecule has 35 heavy (non-hydrogen) atoms. The van der Waals surface area contributed by atoms with Crippen LogP contribution >= 0.6 is 0 Å². The molecule has 0 saturated heterocycles. The summed E-state index contributed by atoms with van der Waals surface area (Å²) in [5.74, 6) is -1.18. The van der Waals surface area contributed by atoms with Gasteiger partial charge in [0.15, 0.2) is 5.78 Å². The highest BCUT2D eigenvalue weighted by Crippen LogP contribution is 2.32. The quantitative estimate of drug-likeness (QED) is 0.187. The topological polar surface area (TPSA) is 85.8 Å². The Morgan fingerprint density at radius 1 is 1.17 bits per heavy atom. The van der Waals surface area contributed by atoms with Gasteiger partial charge in [-0.1, -0.05) is 44.2 Å². The van der Waals surface area contributed by atoms with Crippen LogP contribution in [0.25, 0.3) is 15.9 Å². The van der Waals surface area contributed by atoms with Crippen molar-refractivity contribution in [3.05, 3.63) is 70.8 Å². The number of Topliss-reactive ketones (excluding diaryl/α,β-unsaturated/α-hetero) is 1. The van der Waals surface area contributed by atoms with E-state index in [2.05, 4.69) is 9.83 Å². The third-order valence-corrected chi connectivity index (χ3v) is 6.43. The van der Waals surface area contributed by atoms with Crippen molar-refractivity contribution >= 4 is 28.5 Å². The summed E-state index contributed by atoms with van der Waals surface area (Å²) in [7, 11) is 1.89. The number of aromatic nitrogens is 2. The van der Waals surface area contributed by atoms with Gasteiger partial charge in [0.25, 0.3) is 0 Å². The molecule has 7 nitrogen and oxygen atoms in total. The lowest BCUT2D eigenvalue weighted by Gasteiger charge is -2.18. The van der Waals surface area contributed by atoms with Gasteiger partial charge in [0.05, 0.1) is 13.2 Å². The van der Waals surface area contributed by atoms with E-state index in [-0.39, 0.29) is 30.5 Å². The van der Waals surface area contributed by atoms with Gasteiger partial charge in [0.2, 0.25) is 5.69 Å². The lowest BCUT2D eigenvalue weighted by atomic mass is 9.85. The molecule has 0 saturated carbocycles. The van der Waals surface area contributed by atoms with Gasteiger partial charge in [-0.2, -0.15) is 0 Å². The maximum Gasteiger partial charge on any atom is 0.303 e. The minimum Gasteiger partial charge on any atom is -0.481 e. The second kappa shape index (κ2) is 12.3. The number of unbranched alkanes of at least 4 members (excludes halogenated alkanes) is 1. The zero-order valence-corrected chi connectivity index (χ0v) is 20.7. The van der Waals surface area contributed by atoms with Crippen LogP contribution in [0.1, 0.15) is 61.1 Å². The summed E-state index contributed by atoms with van der Waals surface area (Å²) in [6.07, 6.45) is 3.97. The van der Waals surface area contributed by atoms with Gasteiger partial charge < -0.3 is 14.4 Å². The molecule has 7 heteroatoms. The molecule has 3 aromatic rings. The molecule has 0 bridgehead atoms. The molecular weight excluding hydrogens is 442 g/mol. The molecule has 1 aromatic carbocycles. The Hall–Kier alpha value is -3.50. The molecule has 0 spiro atoms. The number of nitrogens with zero attached hydrogens (tertiary/aromatic N) is 3.